The first-order valence-corrected chi connectivity index (χ1v) is 13.5. The summed E-state index contributed by atoms with van der Waals surface area (Å²) in [6, 6.07) is 3.39. The summed E-state index contributed by atoms with van der Waals surface area (Å²) in [5, 5.41) is 12.6. The van der Waals surface area contributed by atoms with Crippen LogP contribution >= 0.6 is 0 Å². The topological polar surface area (TPSA) is 122 Å². The van der Waals surface area contributed by atoms with E-state index in [0.717, 1.165) is 50.9 Å². The second kappa shape index (κ2) is 10.4. The highest BCUT2D eigenvalue weighted by molar-refractivity contribution is 5.94. The van der Waals surface area contributed by atoms with Crippen LogP contribution in [0.15, 0.2) is 30.6 Å². The predicted octanol–water partition coefficient (Wildman–Crippen LogP) is 1.97. The zero-order valence-electron chi connectivity index (χ0n) is 21.8. The number of anilines is 2. The van der Waals surface area contributed by atoms with Gasteiger partial charge < -0.3 is 20.4 Å². The number of amides is 1. The summed E-state index contributed by atoms with van der Waals surface area (Å²) in [5.41, 5.74) is 6.99. The Labute approximate surface area is 225 Å². The van der Waals surface area contributed by atoms with E-state index in [1.807, 2.05) is 16.7 Å². The number of carbonyl (C=O) groups is 1. The first-order valence-electron chi connectivity index (χ1n) is 13.5. The number of aryl methyl sites for hydroxylation is 1. The van der Waals surface area contributed by atoms with E-state index in [-0.39, 0.29) is 29.5 Å². The molecule has 2 aliphatic heterocycles. The van der Waals surface area contributed by atoms with Crippen molar-refractivity contribution in [3.05, 3.63) is 53.4 Å². The molecule has 0 unspecified atom stereocenters. The standard InChI is InChI=1S/C26H32F2N10O/c1-2-37-33-26(32-34-37)35-9-7-19(8-10-35)38(18-4-5-18)24(39)16-12-30-25(31-13-16)36-14-21(23(29)15-36)20-11-17(27)3-6-22(20)28/h3,6,11-13,18-19,21,23H,2,4-5,7-10,14-15,29H2,1H3/t21-,23+/m1/s1. The summed E-state index contributed by atoms with van der Waals surface area (Å²) in [5.74, 6) is -0.370. The molecule has 0 spiro atoms. The van der Waals surface area contributed by atoms with Crippen molar-refractivity contribution in [3.8, 4) is 0 Å². The van der Waals surface area contributed by atoms with Crippen LogP contribution in [0.3, 0.4) is 0 Å². The van der Waals surface area contributed by atoms with Gasteiger partial charge in [-0.25, -0.2) is 18.7 Å². The third-order valence-corrected chi connectivity index (χ3v) is 7.93. The van der Waals surface area contributed by atoms with Crippen LogP contribution < -0.4 is 15.5 Å². The molecule has 11 nitrogen and oxygen atoms in total. The molecular weight excluding hydrogens is 506 g/mol. The fraction of sp³-hybridized carbons (Fsp3) is 0.538. The first-order chi connectivity index (χ1) is 18.9. The van der Waals surface area contributed by atoms with Crippen LogP contribution in [-0.2, 0) is 6.54 Å². The van der Waals surface area contributed by atoms with Gasteiger partial charge in [-0.15, -0.1) is 5.10 Å². The maximum atomic E-state index is 14.4. The fourth-order valence-electron chi connectivity index (χ4n) is 5.69. The molecular formula is C26H32F2N10O. The van der Waals surface area contributed by atoms with E-state index >= 15 is 0 Å². The number of hydrogen-bond acceptors (Lipinski definition) is 9. The molecule has 1 amide bonds. The largest absolute Gasteiger partial charge is 0.339 e. The molecule has 2 N–H and O–H groups in total. The number of aromatic nitrogens is 6. The third-order valence-electron chi connectivity index (χ3n) is 7.93. The second-order valence-electron chi connectivity index (χ2n) is 10.6. The number of carbonyl (C=O) groups excluding carboxylic acids is 1. The van der Waals surface area contributed by atoms with Gasteiger partial charge in [0, 0.05) is 62.6 Å². The number of halogens is 2. The van der Waals surface area contributed by atoms with E-state index in [9.17, 15) is 13.6 Å². The summed E-state index contributed by atoms with van der Waals surface area (Å²) in [4.78, 5) is 30.1. The summed E-state index contributed by atoms with van der Waals surface area (Å²) in [7, 11) is 0. The number of tetrazole rings is 1. The van der Waals surface area contributed by atoms with Gasteiger partial charge in [-0.1, -0.05) is 5.10 Å². The molecule has 0 bridgehead atoms. The minimum atomic E-state index is -0.497. The lowest BCUT2D eigenvalue weighted by molar-refractivity contribution is 0.0629. The van der Waals surface area contributed by atoms with Gasteiger partial charge in [-0.3, -0.25) is 4.79 Å². The van der Waals surface area contributed by atoms with E-state index in [1.165, 1.54) is 6.07 Å². The Kier molecular flexibility index (Phi) is 6.83. The van der Waals surface area contributed by atoms with Crippen molar-refractivity contribution in [2.75, 3.05) is 36.0 Å². The average molecular weight is 539 g/mol. The van der Waals surface area contributed by atoms with Crippen molar-refractivity contribution in [2.45, 2.75) is 63.2 Å². The molecule has 1 aromatic carbocycles. The van der Waals surface area contributed by atoms with E-state index in [2.05, 4.69) is 30.3 Å². The average Bonchev–Trinajstić information content (AvgIpc) is 3.53. The summed E-state index contributed by atoms with van der Waals surface area (Å²) >= 11 is 0. The van der Waals surface area contributed by atoms with Crippen LogP contribution in [0.1, 0.15) is 54.4 Å². The Morgan fingerprint density at radius 3 is 2.41 bits per heavy atom. The Balaban J connectivity index is 1.11. The lowest BCUT2D eigenvalue weighted by Gasteiger charge is -2.38. The summed E-state index contributed by atoms with van der Waals surface area (Å²) in [6.45, 7) is 4.93. The number of nitrogens with zero attached hydrogens (tertiary/aromatic N) is 9. The molecule has 39 heavy (non-hydrogen) atoms. The van der Waals surface area contributed by atoms with Gasteiger partial charge >= 0.3 is 0 Å². The molecule has 2 aromatic heterocycles. The van der Waals surface area contributed by atoms with Gasteiger partial charge in [-0.05, 0) is 61.6 Å². The number of piperidine rings is 1. The van der Waals surface area contributed by atoms with Crippen LogP contribution in [0.25, 0.3) is 0 Å². The van der Waals surface area contributed by atoms with Crippen molar-refractivity contribution in [2.24, 2.45) is 5.73 Å². The molecule has 13 heteroatoms. The van der Waals surface area contributed by atoms with Crippen LogP contribution in [0, 0.1) is 11.6 Å². The van der Waals surface area contributed by atoms with Gasteiger partial charge in [0.1, 0.15) is 11.6 Å². The number of benzene rings is 1. The third kappa shape index (κ3) is 5.14. The summed E-state index contributed by atoms with van der Waals surface area (Å²) in [6.07, 6.45) is 6.77. The molecule has 206 valence electrons. The van der Waals surface area contributed by atoms with E-state index in [1.54, 1.807) is 17.2 Å². The highest BCUT2D eigenvalue weighted by Crippen LogP contribution is 2.34. The second-order valence-corrected chi connectivity index (χ2v) is 10.6. The highest BCUT2D eigenvalue weighted by atomic mass is 19.1. The Hall–Kier alpha value is -3.74. The van der Waals surface area contributed by atoms with Crippen molar-refractivity contribution < 1.29 is 13.6 Å². The SMILES string of the molecule is CCn1nnc(N2CCC(N(C(=O)c3cnc(N4C[C@H](c5cc(F)ccc5F)[C@@H](N)C4)nc3)C3CC3)CC2)n1. The van der Waals surface area contributed by atoms with Gasteiger partial charge in [0.05, 0.1) is 12.1 Å². The van der Waals surface area contributed by atoms with Gasteiger partial charge in [-0.2, -0.15) is 4.80 Å². The van der Waals surface area contributed by atoms with E-state index in [0.29, 0.717) is 37.1 Å². The van der Waals surface area contributed by atoms with Crippen LogP contribution in [-0.4, -0.2) is 85.3 Å². The van der Waals surface area contributed by atoms with Gasteiger partial charge in [0.25, 0.3) is 11.9 Å². The lowest BCUT2D eigenvalue weighted by Crippen LogP contribution is -2.48. The molecule has 1 saturated carbocycles. The smallest absolute Gasteiger partial charge is 0.266 e. The lowest BCUT2D eigenvalue weighted by atomic mass is 9.94. The normalized spacial score (nSPS) is 21.9. The van der Waals surface area contributed by atoms with Crippen LogP contribution in [0.5, 0.6) is 0 Å². The molecule has 4 heterocycles. The van der Waals surface area contributed by atoms with Crippen molar-refractivity contribution >= 4 is 17.8 Å². The van der Waals surface area contributed by atoms with Crippen molar-refractivity contribution in [1.29, 1.82) is 0 Å². The minimum absolute atomic E-state index is 0.0598. The highest BCUT2D eigenvalue weighted by Gasteiger charge is 2.40. The molecule has 6 rings (SSSR count). The Bertz CT molecular complexity index is 1320. The van der Waals surface area contributed by atoms with Crippen molar-refractivity contribution in [3.63, 3.8) is 0 Å². The van der Waals surface area contributed by atoms with Gasteiger partial charge in [0.2, 0.25) is 5.95 Å². The number of rotatable bonds is 7. The molecule has 3 aliphatic rings. The maximum absolute atomic E-state index is 14.4. The fourth-order valence-corrected chi connectivity index (χ4v) is 5.69. The number of hydrogen-bond donors (Lipinski definition) is 1. The van der Waals surface area contributed by atoms with Crippen LogP contribution in [0.2, 0.25) is 0 Å². The van der Waals surface area contributed by atoms with Crippen LogP contribution in [0.4, 0.5) is 20.7 Å². The quantitative estimate of drug-likeness (QED) is 0.481. The minimum Gasteiger partial charge on any atom is -0.339 e. The molecule has 1 aliphatic carbocycles. The van der Waals surface area contributed by atoms with E-state index in [4.69, 9.17) is 5.73 Å². The monoisotopic (exact) mass is 538 g/mol. The predicted molar refractivity (Wildman–Crippen MR) is 139 cm³/mol. The molecule has 2 saturated heterocycles. The Morgan fingerprint density at radius 2 is 1.74 bits per heavy atom. The maximum Gasteiger partial charge on any atom is 0.266 e. The molecule has 3 fully saturated rings. The zero-order valence-corrected chi connectivity index (χ0v) is 21.8. The first kappa shape index (κ1) is 25.5. The molecule has 2 atom stereocenters. The molecule has 0 radical (unpaired) electrons. The number of nitrogens with two attached hydrogens (primary N) is 1. The van der Waals surface area contributed by atoms with Gasteiger partial charge in [0.15, 0.2) is 0 Å². The molecule has 3 aromatic rings. The van der Waals surface area contributed by atoms with E-state index < -0.39 is 17.7 Å². The summed E-state index contributed by atoms with van der Waals surface area (Å²) < 4.78 is 28.1. The zero-order chi connectivity index (χ0) is 27.1. The van der Waals surface area contributed by atoms with Crippen molar-refractivity contribution in [1.82, 2.24) is 35.1 Å². The Morgan fingerprint density at radius 1 is 1.03 bits per heavy atom.